The van der Waals surface area contributed by atoms with E-state index in [9.17, 15) is 4.79 Å². The van der Waals surface area contributed by atoms with E-state index in [0.29, 0.717) is 6.54 Å². The molecule has 1 fully saturated rings. The first-order valence-corrected chi connectivity index (χ1v) is 7.17. The van der Waals surface area contributed by atoms with Gasteiger partial charge in [-0.25, -0.2) is 4.79 Å². The second kappa shape index (κ2) is 5.87. The summed E-state index contributed by atoms with van der Waals surface area (Å²) in [6.45, 7) is 4.33. The molecule has 0 unspecified atom stereocenters. The molecule has 3 rings (SSSR count). The van der Waals surface area contributed by atoms with Crippen LogP contribution >= 0.6 is 0 Å². The predicted octanol–water partition coefficient (Wildman–Crippen LogP) is 3.14. The van der Waals surface area contributed by atoms with Gasteiger partial charge in [-0.15, -0.1) is 0 Å². The van der Waals surface area contributed by atoms with Crippen LogP contribution in [0.2, 0.25) is 0 Å². The molecule has 0 atom stereocenters. The normalized spacial score (nSPS) is 14.1. The van der Waals surface area contributed by atoms with Gasteiger partial charge in [0.15, 0.2) is 0 Å². The maximum Gasteiger partial charge on any atom is 0.321 e. The highest BCUT2D eigenvalue weighted by Gasteiger charge is 2.20. The zero-order valence-corrected chi connectivity index (χ0v) is 12.1. The Morgan fingerprint density at radius 3 is 2.43 bits per heavy atom. The Balaban J connectivity index is 1.62. The molecule has 0 radical (unpaired) electrons. The molecule has 2 N–H and O–H groups in total. The first-order chi connectivity index (χ1) is 10.2. The van der Waals surface area contributed by atoms with Gasteiger partial charge in [-0.3, -0.25) is 4.90 Å². The predicted molar refractivity (Wildman–Crippen MR) is 85.7 cm³/mol. The number of nitrogens with zero attached hydrogens (tertiary/aromatic N) is 1. The lowest BCUT2D eigenvalue weighted by atomic mass is 10.1. The quantitative estimate of drug-likeness (QED) is 0.904. The second-order valence-corrected chi connectivity index (χ2v) is 5.27. The van der Waals surface area contributed by atoms with Crippen molar-refractivity contribution in [1.82, 2.24) is 5.32 Å². The fraction of sp³-hybridized carbons (Fsp3) is 0.235. The maximum atomic E-state index is 11.6. The number of carbonyl (C=O) groups is 1. The van der Waals surface area contributed by atoms with E-state index in [4.69, 9.17) is 0 Å². The lowest BCUT2D eigenvalue weighted by Crippen LogP contribution is -2.27. The van der Waals surface area contributed by atoms with E-state index >= 15 is 0 Å². The second-order valence-electron chi connectivity index (χ2n) is 5.27. The van der Waals surface area contributed by atoms with Gasteiger partial charge in [-0.05, 0) is 36.8 Å². The molecule has 0 aliphatic carbocycles. The fourth-order valence-electron chi connectivity index (χ4n) is 2.39. The zero-order valence-electron chi connectivity index (χ0n) is 12.1. The Morgan fingerprint density at radius 2 is 1.81 bits per heavy atom. The van der Waals surface area contributed by atoms with Crippen molar-refractivity contribution in [3.05, 3.63) is 59.7 Å². The van der Waals surface area contributed by atoms with Crippen molar-refractivity contribution in [3.63, 3.8) is 0 Å². The maximum absolute atomic E-state index is 11.6. The summed E-state index contributed by atoms with van der Waals surface area (Å²) in [5.74, 6) is 0. The van der Waals surface area contributed by atoms with Gasteiger partial charge in [0.2, 0.25) is 0 Å². The molecule has 2 aromatic carbocycles. The minimum atomic E-state index is -0.0182. The average molecular weight is 281 g/mol. The number of aryl methyl sites for hydroxylation is 1. The summed E-state index contributed by atoms with van der Waals surface area (Å²) < 4.78 is 0. The SMILES string of the molecule is Cc1ccc(CNc2ccc(N3CCNC3=O)cc2)cc1. The van der Waals surface area contributed by atoms with Crippen molar-refractivity contribution in [3.8, 4) is 0 Å². The largest absolute Gasteiger partial charge is 0.381 e. The van der Waals surface area contributed by atoms with E-state index < -0.39 is 0 Å². The Bertz CT molecular complexity index is 619. The average Bonchev–Trinajstić information content (AvgIpc) is 2.93. The topological polar surface area (TPSA) is 44.4 Å². The summed E-state index contributed by atoms with van der Waals surface area (Å²) in [4.78, 5) is 13.4. The molecule has 2 amide bonds. The number of nitrogens with one attached hydrogen (secondary N) is 2. The highest BCUT2D eigenvalue weighted by atomic mass is 16.2. The number of benzene rings is 2. The Labute approximate surface area is 124 Å². The Morgan fingerprint density at radius 1 is 1.10 bits per heavy atom. The molecule has 0 saturated carbocycles. The molecule has 1 aliphatic heterocycles. The lowest BCUT2D eigenvalue weighted by Gasteiger charge is -2.15. The molecule has 4 nitrogen and oxygen atoms in total. The highest BCUT2D eigenvalue weighted by Crippen LogP contribution is 2.20. The first kappa shape index (κ1) is 13.5. The van der Waals surface area contributed by atoms with E-state index in [2.05, 4.69) is 41.8 Å². The fourth-order valence-corrected chi connectivity index (χ4v) is 2.39. The van der Waals surface area contributed by atoms with Gasteiger partial charge >= 0.3 is 6.03 Å². The monoisotopic (exact) mass is 281 g/mol. The van der Waals surface area contributed by atoms with Gasteiger partial charge < -0.3 is 10.6 Å². The summed E-state index contributed by atoms with van der Waals surface area (Å²) in [7, 11) is 0. The van der Waals surface area contributed by atoms with Crippen LogP contribution in [0.3, 0.4) is 0 Å². The van der Waals surface area contributed by atoms with Crippen LogP contribution in [0.4, 0.5) is 16.2 Å². The van der Waals surface area contributed by atoms with Gasteiger partial charge in [0.05, 0.1) is 0 Å². The molecule has 2 aromatic rings. The van der Waals surface area contributed by atoms with Crippen molar-refractivity contribution in [1.29, 1.82) is 0 Å². The standard InChI is InChI=1S/C17H19N3O/c1-13-2-4-14(5-3-13)12-19-15-6-8-16(9-7-15)20-11-10-18-17(20)21/h2-9,19H,10-12H2,1H3,(H,18,21). The molecule has 0 bridgehead atoms. The first-order valence-electron chi connectivity index (χ1n) is 7.17. The van der Waals surface area contributed by atoms with Crippen LogP contribution in [0.5, 0.6) is 0 Å². The number of rotatable bonds is 4. The van der Waals surface area contributed by atoms with Crippen molar-refractivity contribution in [2.75, 3.05) is 23.3 Å². The van der Waals surface area contributed by atoms with Crippen LogP contribution in [-0.2, 0) is 6.54 Å². The van der Waals surface area contributed by atoms with Crippen LogP contribution in [0, 0.1) is 6.92 Å². The molecule has 4 heteroatoms. The third kappa shape index (κ3) is 3.16. The molecule has 1 heterocycles. The summed E-state index contributed by atoms with van der Waals surface area (Å²) in [6.07, 6.45) is 0. The third-order valence-electron chi connectivity index (χ3n) is 3.65. The Hall–Kier alpha value is -2.49. The highest BCUT2D eigenvalue weighted by molar-refractivity contribution is 5.94. The zero-order chi connectivity index (χ0) is 14.7. The van der Waals surface area contributed by atoms with Gasteiger partial charge in [-0.1, -0.05) is 29.8 Å². The summed E-state index contributed by atoms with van der Waals surface area (Å²) in [6, 6.07) is 16.4. The van der Waals surface area contributed by atoms with Crippen LogP contribution in [0.15, 0.2) is 48.5 Å². The number of hydrogen-bond donors (Lipinski definition) is 2. The molecular formula is C17H19N3O. The third-order valence-corrected chi connectivity index (χ3v) is 3.65. The molecule has 21 heavy (non-hydrogen) atoms. The smallest absolute Gasteiger partial charge is 0.321 e. The van der Waals surface area contributed by atoms with Crippen molar-refractivity contribution < 1.29 is 4.79 Å². The number of hydrogen-bond acceptors (Lipinski definition) is 2. The van der Waals surface area contributed by atoms with E-state index in [1.807, 2.05) is 24.3 Å². The summed E-state index contributed by atoms with van der Waals surface area (Å²) in [5, 5.41) is 6.20. The summed E-state index contributed by atoms with van der Waals surface area (Å²) >= 11 is 0. The summed E-state index contributed by atoms with van der Waals surface area (Å²) in [5.41, 5.74) is 4.51. The molecule has 1 saturated heterocycles. The van der Waals surface area contributed by atoms with Gasteiger partial charge in [0.1, 0.15) is 0 Å². The number of anilines is 2. The molecule has 0 spiro atoms. The van der Waals surface area contributed by atoms with E-state index in [0.717, 1.165) is 24.5 Å². The minimum absolute atomic E-state index is 0.0182. The molecule has 1 aliphatic rings. The Kier molecular flexibility index (Phi) is 3.77. The van der Waals surface area contributed by atoms with Crippen LogP contribution < -0.4 is 15.5 Å². The van der Waals surface area contributed by atoms with Crippen LogP contribution in [0.25, 0.3) is 0 Å². The minimum Gasteiger partial charge on any atom is -0.381 e. The van der Waals surface area contributed by atoms with Crippen molar-refractivity contribution in [2.45, 2.75) is 13.5 Å². The van der Waals surface area contributed by atoms with Crippen molar-refractivity contribution >= 4 is 17.4 Å². The number of amides is 2. The molecular weight excluding hydrogens is 262 g/mol. The molecule has 108 valence electrons. The van der Waals surface area contributed by atoms with E-state index in [1.54, 1.807) is 4.90 Å². The number of urea groups is 1. The number of carbonyl (C=O) groups excluding carboxylic acids is 1. The van der Waals surface area contributed by atoms with E-state index in [-0.39, 0.29) is 6.03 Å². The lowest BCUT2D eigenvalue weighted by molar-refractivity contribution is 0.252. The van der Waals surface area contributed by atoms with Gasteiger partial charge in [0, 0.05) is 31.0 Å². The van der Waals surface area contributed by atoms with Crippen molar-refractivity contribution in [2.24, 2.45) is 0 Å². The van der Waals surface area contributed by atoms with Gasteiger partial charge in [0.25, 0.3) is 0 Å². The van der Waals surface area contributed by atoms with Gasteiger partial charge in [-0.2, -0.15) is 0 Å². The molecule has 0 aromatic heterocycles. The van der Waals surface area contributed by atoms with Crippen LogP contribution in [0.1, 0.15) is 11.1 Å². The van der Waals surface area contributed by atoms with E-state index in [1.165, 1.54) is 11.1 Å². The van der Waals surface area contributed by atoms with Crippen LogP contribution in [-0.4, -0.2) is 19.1 Å².